The first-order chi connectivity index (χ1) is 21.1. The van der Waals surface area contributed by atoms with Crippen LogP contribution in [0, 0.1) is 13.8 Å². The van der Waals surface area contributed by atoms with Gasteiger partial charge in [0.05, 0.1) is 24.8 Å². The fourth-order valence-corrected chi connectivity index (χ4v) is 7.07. The Hall–Kier alpha value is -4.05. The minimum absolute atomic E-state index is 0.0558. The summed E-state index contributed by atoms with van der Waals surface area (Å²) in [4.78, 5) is 29.4. The van der Waals surface area contributed by atoms with E-state index in [1.165, 1.54) is 37.3 Å². The Morgan fingerprint density at radius 1 is 0.909 bits per heavy atom. The number of aryl methyl sites for hydroxylation is 2. The second-order valence-electron chi connectivity index (χ2n) is 11.3. The van der Waals surface area contributed by atoms with Gasteiger partial charge in [-0.2, -0.15) is 0 Å². The zero-order valence-electron chi connectivity index (χ0n) is 26.2. The summed E-state index contributed by atoms with van der Waals surface area (Å²) in [5, 5.41) is 3.14. The summed E-state index contributed by atoms with van der Waals surface area (Å²) in [7, 11) is -1.35. The van der Waals surface area contributed by atoms with E-state index in [2.05, 4.69) is 5.32 Å². The highest BCUT2D eigenvalue weighted by Gasteiger charge is 2.35. The summed E-state index contributed by atoms with van der Waals surface area (Å²) in [6.45, 7) is 5.40. The van der Waals surface area contributed by atoms with E-state index in [0.29, 0.717) is 17.9 Å². The van der Waals surface area contributed by atoms with Gasteiger partial charge in [-0.05, 0) is 62.9 Å². The third kappa shape index (κ3) is 7.72. The van der Waals surface area contributed by atoms with Crippen molar-refractivity contribution in [3.05, 3.63) is 83.4 Å². The van der Waals surface area contributed by atoms with Crippen molar-refractivity contribution >= 4 is 27.5 Å². The number of hydrogen-bond donors (Lipinski definition) is 1. The van der Waals surface area contributed by atoms with Crippen LogP contribution in [0.5, 0.6) is 11.5 Å². The highest BCUT2D eigenvalue weighted by Crippen LogP contribution is 2.32. The Balaban J connectivity index is 1.74. The fourth-order valence-electron chi connectivity index (χ4n) is 5.64. The number of nitrogens with one attached hydrogen (secondary N) is 1. The van der Waals surface area contributed by atoms with Gasteiger partial charge >= 0.3 is 0 Å². The summed E-state index contributed by atoms with van der Waals surface area (Å²) in [6, 6.07) is 18.3. The third-order valence-corrected chi connectivity index (χ3v) is 9.84. The SMILES string of the molecule is CCC(C(=O)NC1CCCC1)N(Cc1cccc(C)c1)C(=O)CN(c1ccc(C)cc1)S(=O)(=O)c1ccc(OC)c(OC)c1. The molecule has 0 saturated heterocycles. The maximum Gasteiger partial charge on any atom is 0.264 e. The molecule has 4 rings (SSSR count). The van der Waals surface area contributed by atoms with Gasteiger partial charge in [-0.3, -0.25) is 13.9 Å². The minimum atomic E-state index is -4.25. The van der Waals surface area contributed by atoms with Crippen molar-refractivity contribution in [1.82, 2.24) is 10.2 Å². The average molecular weight is 622 g/mol. The molecule has 1 atom stereocenters. The fraction of sp³-hybridized carbons (Fsp3) is 0.412. The molecule has 0 spiro atoms. The average Bonchev–Trinajstić information content (AvgIpc) is 3.52. The standard InChI is InChI=1S/C34H43N3O6S/c1-6-30(34(39)35-27-12-7-8-13-27)36(22-26-11-9-10-25(3)20-26)33(38)23-37(28-16-14-24(2)15-17-28)44(40,41)29-18-19-31(42-4)32(21-29)43-5/h9-11,14-21,27,30H,6-8,12-13,22-23H2,1-5H3,(H,35,39). The number of ether oxygens (including phenoxy) is 2. The van der Waals surface area contributed by atoms with E-state index in [4.69, 9.17) is 9.47 Å². The van der Waals surface area contributed by atoms with Crippen molar-refractivity contribution in [1.29, 1.82) is 0 Å². The highest BCUT2D eigenvalue weighted by atomic mass is 32.2. The van der Waals surface area contributed by atoms with Crippen LogP contribution in [0.3, 0.4) is 0 Å². The summed E-state index contributed by atoms with van der Waals surface area (Å²) < 4.78 is 40.2. The van der Waals surface area contributed by atoms with Crippen LogP contribution in [0.4, 0.5) is 5.69 Å². The first-order valence-electron chi connectivity index (χ1n) is 15.0. The summed E-state index contributed by atoms with van der Waals surface area (Å²) in [6.07, 6.45) is 4.33. The first kappa shape index (κ1) is 32.9. The number of nitrogens with zero attached hydrogens (tertiary/aromatic N) is 2. The van der Waals surface area contributed by atoms with E-state index >= 15 is 0 Å². The lowest BCUT2D eigenvalue weighted by molar-refractivity contribution is -0.140. The van der Waals surface area contributed by atoms with Crippen molar-refractivity contribution in [2.75, 3.05) is 25.1 Å². The van der Waals surface area contributed by atoms with Crippen LogP contribution in [0.2, 0.25) is 0 Å². The topological polar surface area (TPSA) is 105 Å². The Bertz CT molecular complexity index is 1550. The third-order valence-electron chi connectivity index (χ3n) is 8.07. The number of rotatable bonds is 13. The number of anilines is 1. The van der Waals surface area contributed by atoms with Crippen molar-refractivity contribution in [3.63, 3.8) is 0 Å². The quantitative estimate of drug-likeness (QED) is 0.275. The molecule has 44 heavy (non-hydrogen) atoms. The molecule has 0 heterocycles. The zero-order chi connectivity index (χ0) is 31.9. The molecule has 3 aromatic rings. The Morgan fingerprint density at radius 3 is 2.20 bits per heavy atom. The molecule has 2 amide bonds. The van der Waals surface area contributed by atoms with Gasteiger partial charge in [0.2, 0.25) is 11.8 Å². The lowest BCUT2D eigenvalue weighted by Crippen LogP contribution is -2.53. The molecule has 1 fully saturated rings. The smallest absolute Gasteiger partial charge is 0.264 e. The van der Waals surface area contributed by atoms with Gasteiger partial charge in [0.25, 0.3) is 10.0 Å². The van der Waals surface area contributed by atoms with Gasteiger partial charge in [-0.15, -0.1) is 0 Å². The van der Waals surface area contributed by atoms with Crippen LogP contribution in [0.25, 0.3) is 0 Å². The van der Waals surface area contributed by atoms with Crippen molar-refractivity contribution in [2.45, 2.75) is 76.4 Å². The molecule has 1 N–H and O–H groups in total. The number of carbonyl (C=O) groups is 2. The second kappa shape index (κ2) is 14.6. The molecular formula is C34H43N3O6S. The van der Waals surface area contributed by atoms with Crippen LogP contribution in [0.1, 0.15) is 55.7 Å². The number of carbonyl (C=O) groups excluding carboxylic acids is 2. The number of sulfonamides is 1. The monoisotopic (exact) mass is 621 g/mol. The van der Waals surface area contributed by atoms with Gasteiger partial charge in [0, 0.05) is 18.7 Å². The maximum atomic E-state index is 14.3. The van der Waals surface area contributed by atoms with Crippen LogP contribution in [0.15, 0.2) is 71.6 Å². The molecule has 1 aliphatic rings. The Labute approximate surface area is 261 Å². The molecule has 0 aliphatic heterocycles. The van der Waals surface area contributed by atoms with Crippen LogP contribution in [-0.4, -0.2) is 58.0 Å². The molecule has 1 aliphatic carbocycles. The molecule has 3 aromatic carbocycles. The molecule has 0 bridgehead atoms. The number of hydrogen-bond acceptors (Lipinski definition) is 6. The van der Waals surface area contributed by atoms with Crippen LogP contribution < -0.4 is 19.1 Å². The van der Waals surface area contributed by atoms with Gasteiger partial charge in [-0.1, -0.05) is 67.3 Å². The molecule has 0 radical (unpaired) electrons. The van der Waals surface area contributed by atoms with Gasteiger partial charge in [0.15, 0.2) is 11.5 Å². The van der Waals surface area contributed by atoms with Crippen LogP contribution in [-0.2, 0) is 26.2 Å². The lowest BCUT2D eigenvalue weighted by atomic mass is 10.1. The van der Waals surface area contributed by atoms with Gasteiger partial charge in [-0.25, -0.2) is 8.42 Å². The number of benzene rings is 3. The maximum absolute atomic E-state index is 14.3. The predicted octanol–water partition coefficient (Wildman–Crippen LogP) is 5.38. The van der Waals surface area contributed by atoms with E-state index in [1.807, 2.05) is 45.0 Å². The lowest BCUT2D eigenvalue weighted by Gasteiger charge is -2.34. The molecular weight excluding hydrogens is 578 g/mol. The van der Waals surface area contributed by atoms with E-state index in [9.17, 15) is 18.0 Å². The molecule has 9 nitrogen and oxygen atoms in total. The van der Waals surface area contributed by atoms with E-state index in [-0.39, 0.29) is 29.1 Å². The normalized spacial score (nSPS) is 14.1. The van der Waals surface area contributed by atoms with E-state index < -0.39 is 28.5 Å². The predicted molar refractivity (Wildman–Crippen MR) is 171 cm³/mol. The van der Waals surface area contributed by atoms with E-state index in [0.717, 1.165) is 46.7 Å². The molecule has 236 valence electrons. The Kier molecular flexibility index (Phi) is 10.9. The van der Waals surface area contributed by atoms with Gasteiger partial charge in [0.1, 0.15) is 12.6 Å². The van der Waals surface area contributed by atoms with Crippen LogP contribution >= 0.6 is 0 Å². The van der Waals surface area contributed by atoms with Crippen molar-refractivity contribution in [3.8, 4) is 11.5 Å². The summed E-state index contributed by atoms with van der Waals surface area (Å²) >= 11 is 0. The molecule has 0 aromatic heterocycles. The molecule has 1 unspecified atom stereocenters. The van der Waals surface area contributed by atoms with Gasteiger partial charge < -0.3 is 19.7 Å². The van der Waals surface area contributed by atoms with E-state index in [1.54, 1.807) is 24.3 Å². The van der Waals surface area contributed by atoms with Crippen molar-refractivity contribution in [2.24, 2.45) is 0 Å². The zero-order valence-corrected chi connectivity index (χ0v) is 27.0. The number of methoxy groups -OCH3 is 2. The minimum Gasteiger partial charge on any atom is -0.493 e. The second-order valence-corrected chi connectivity index (χ2v) is 13.2. The highest BCUT2D eigenvalue weighted by molar-refractivity contribution is 7.92. The summed E-state index contributed by atoms with van der Waals surface area (Å²) in [5.74, 6) is -0.0677. The molecule has 10 heteroatoms. The first-order valence-corrected chi connectivity index (χ1v) is 16.5. The largest absolute Gasteiger partial charge is 0.493 e. The summed E-state index contributed by atoms with van der Waals surface area (Å²) in [5.41, 5.74) is 3.16. The van der Waals surface area contributed by atoms with Crippen molar-refractivity contribution < 1.29 is 27.5 Å². The molecule has 1 saturated carbocycles. The number of amides is 2. The Morgan fingerprint density at radius 2 is 1.59 bits per heavy atom.